The molecule has 7 saturated heterocycles. The van der Waals surface area contributed by atoms with Gasteiger partial charge in [-0.25, -0.2) is 0 Å². The molecule has 83 heavy (non-hydrogen) atoms. The van der Waals surface area contributed by atoms with Gasteiger partial charge in [-0.15, -0.1) is 0 Å². The zero-order valence-corrected chi connectivity index (χ0v) is 47.5. The molecule has 7 heterocycles. The van der Waals surface area contributed by atoms with Crippen LogP contribution in [0.2, 0.25) is 0 Å². The molecule has 0 amide bonds. The molecule has 7 aliphatic heterocycles. The summed E-state index contributed by atoms with van der Waals surface area (Å²) < 4.78 is 72.0. The summed E-state index contributed by atoms with van der Waals surface area (Å²) in [6, 6.07) is 0. The number of hydrogen-bond donors (Lipinski definition) is 14. The molecular weight excluding hydrogens is 1100 g/mol. The second-order valence-electron chi connectivity index (χ2n) is 26.5. The van der Waals surface area contributed by atoms with Crippen LogP contribution in [0.15, 0.2) is 0 Å². The molecule has 27 heteroatoms. The number of hydrogen-bond acceptors (Lipinski definition) is 27. The van der Waals surface area contributed by atoms with Crippen molar-refractivity contribution in [2.75, 3.05) is 33.0 Å². The maximum Gasteiger partial charge on any atom is 0.187 e. The second-order valence-corrected chi connectivity index (χ2v) is 26.5. The summed E-state index contributed by atoms with van der Waals surface area (Å²) in [6.45, 7) is 7.81. The third-order valence-electron chi connectivity index (χ3n) is 21.9. The van der Waals surface area contributed by atoms with Crippen LogP contribution in [0.25, 0.3) is 0 Å². The van der Waals surface area contributed by atoms with Crippen molar-refractivity contribution in [1.29, 1.82) is 0 Å². The Morgan fingerprint density at radius 1 is 0.530 bits per heavy atom. The highest BCUT2D eigenvalue weighted by atomic mass is 16.8. The van der Waals surface area contributed by atoms with Crippen molar-refractivity contribution in [3.05, 3.63) is 0 Å². The van der Waals surface area contributed by atoms with Gasteiger partial charge in [-0.3, -0.25) is 4.79 Å². The van der Waals surface area contributed by atoms with E-state index < -0.39 is 191 Å². The Balaban J connectivity index is 0.705. The summed E-state index contributed by atoms with van der Waals surface area (Å²) in [4.78, 5) is 14.7. The highest BCUT2D eigenvalue weighted by molar-refractivity contribution is 5.87. The number of Topliss-reactive ketones (excluding diaryl/α,β-unsaturated/α-hetero) is 1. The van der Waals surface area contributed by atoms with Crippen molar-refractivity contribution in [1.82, 2.24) is 0 Å². The molecule has 0 aromatic carbocycles. The van der Waals surface area contributed by atoms with E-state index in [1.807, 2.05) is 0 Å². The molecule has 0 unspecified atom stereocenters. The van der Waals surface area contributed by atoms with Crippen LogP contribution in [-0.4, -0.2) is 276 Å². The first-order chi connectivity index (χ1) is 39.4. The fraction of sp³-hybridized carbons (Fsp3) is 0.982. The third-order valence-corrected chi connectivity index (χ3v) is 21.9. The Hall–Kier alpha value is -1.37. The van der Waals surface area contributed by atoms with E-state index in [9.17, 15) is 76.3 Å². The van der Waals surface area contributed by atoms with Crippen LogP contribution < -0.4 is 0 Å². The minimum Gasteiger partial charge on any atom is -0.394 e. The fourth-order valence-corrected chi connectivity index (χ4v) is 17.0. The van der Waals surface area contributed by atoms with E-state index in [0.29, 0.717) is 43.5 Å². The minimum absolute atomic E-state index is 0.0140. The van der Waals surface area contributed by atoms with E-state index in [2.05, 4.69) is 27.7 Å². The summed E-state index contributed by atoms with van der Waals surface area (Å²) in [7, 11) is 0. The van der Waals surface area contributed by atoms with Gasteiger partial charge in [-0.2, -0.15) is 0 Å². The zero-order chi connectivity index (χ0) is 59.5. The number of aliphatic hydroxyl groups is 14. The van der Waals surface area contributed by atoms with Crippen LogP contribution in [0, 0.1) is 52.3 Å². The van der Waals surface area contributed by atoms with Crippen molar-refractivity contribution < 1.29 is 133 Å². The van der Waals surface area contributed by atoms with Crippen LogP contribution in [0.3, 0.4) is 0 Å². The third kappa shape index (κ3) is 10.9. The van der Waals surface area contributed by atoms with Crippen LogP contribution in [0.5, 0.6) is 0 Å². The zero-order valence-electron chi connectivity index (χ0n) is 47.5. The molecule has 1 spiro atoms. The number of ketones is 1. The Labute approximate surface area is 480 Å². The van der Waals surface area contributed by atoms with Gasteiger partial charge in [0.25, 0.3) is 0 Å². The van der Waals surface area contributed by atoms with Gasteiger partial charge < -0.3 is 128 Å². The number of carbonyl (C=O) groups excluding carboxylic acids is 1. The highest BCUT2D eigenvalue weighted by Crippen LogP contribution is 2.70. The molecule has 0 aromatic rings. The summed E-state index contributed by atoms with van der Waals surface area (Å²) in [6.07, 6.45) is -34.8. The lowest BCUT2D eigenvalue weighted by Gasteiger charge is -2.60. The van der Waals surface area contributed by atoms with E-state index >= 15 is 0 Å². The van der Waals surface area contributed by atoms with E-state index in [4.69, 9.17) is 56.8 Å². The maximum absolute atomic E-state index is 14.7. The Morgan fingerprint density at radius 3 is 1.75 bits per heavy atom. The molecule has 476 valence electrons. The minimum atomic E-state index is -2.08. The molecule has 11 fully saturated rings. The van der Waals surface area contributed by atoms with Gasteiger partial charge in [0.05, 0.1) is 51.3 Å². The Kier molecular flexibility index (Phi) is 18.6. The highest BCUT2D eigenvalue weighted by Gasteiger charge is 2.72. The number of carbonyl (C=O) groups is 1. The molecule has 0 aromatic heterocycles. The first-order valence-electron chi connectivity index (χ1n) is 30.1. The number of rotatable bonds is 13. The average molecular weight is 1200 g/mol. The lowest BCUT2D eigenvalue weighted by atomic mass is 9.44. The van der Waals surface area contributed by atoms with Crippen molar-refractivity contribution >= 4 is 5.78 Å². The van der Waals surface area contributed by atoms with E-state index in [1.165, 1.54) is 6.92 Å². The molecule has 11 rings (SSSR count). The molecule has 0 bridgehead atoms. The SMILES string of the molecule is C[C@@H]1CC[C@@]2(OC1)O[C@H]1C[C@H]3[C@@H]4CC[C@H]5C[C@@H](O[C@@H]6O[C@H](CO)[C@H](O[C@@H]7O[C@H](CO)[C@@H](O[C@@H]8O[C@H](CO)[C@@H](O)[C@H](O)[C@H]8O[C@@H]8OC[C@@H](O)[C@H](O[C@@H]9O[C@@H](C)[C@H](O)[C@@H](O)[C@H]9O)[C@H]8O)[C@H](O)[C@H]7O)[C@H](O)[C@H]6O)CC[C@]5(C)[C@H]4CC(=O)[C@]3(C)[C@H]1[C@@H]2C. The summed E-state index contributed by atoms with van der Waals surface area (Å²) >= 11 is 0. The smallest absolute Gasteiger partial charge is 0.187 e. The number of fused-ring (bicyclic) bond motifs is 7. The predicted molar refractivity (Wildman–Crippen MR) is 274 cm³/mol. The predicted octanol–water partition coefficient (Wildman–Crippen LogP) is -4.24. The molecule has 36 atom stereocenters. The van der Waals surface area contributed by atoms with Crippen molar-refractivity contribution in [2.45, 2.75) is 258 Å². The fourth-order valence-electron chi connectivity index (χ4n) is 17.0. The van der Waals surface area contributed by atoms with Crippen LogP contribution in [0.1, 0.15) is 92.4 Å². The van der Waals surface area contributed by atoms with Gasteiger partial charge in [0.15, 0.2) is 37.2 Å². The summed E-state index contributed by atoms with van der Waals surface area (Å²) in [5, 5.41) is 153. The van der Waals surface area contributed by atoms with E-state index in [1.54, 1.807) is 0 Å². The van der Waals surface area contributed by atoms with Crippen molar-refractivity contribution in [2.24, 2.45) is 52.3 Å². The summed E-state index contributed by atoms with van der Waals surface area (Å²) in [5.41, 5.74) is -0.626. The molecule has 11 aliphatic rings. The van der Waals surface area contributed by atoms with Gasteiger partial charge in [0, 0.05) is 30.1 Å². The quantitative estimate of drug-likeness (QED) is 0.0777. The van der Waals surface area contributed by atoms with Gasteiger partial charge in [0.1, 0.15) is 116 Å². The first-order valence-corrected chi connectivity index (χ1v) is 30.1. The van der Waals surface area contributed by atoms with Crippen LogP contribution in [-0.2, 0) is 61.6 Å². The van der Waals surface area contributed by atoms with Crippen molar-refractivity contribution in [3.63, 3.8) is 0 Å². The van der Waals surface area contributed by atoms with Gasteiger partial charge in [-0.1, -0.05) is 27.7 Å². The molecule has 4 aliphatic carbocycles. The normalized spacial score (nSPS) is 57.4. The molecule has 14 N–H and O–H groups in total. The van der Waals surface area contributed by atoms with Gasteiger partial charge >= 0.3 is 0 Å². The van der Waals surface area contributed by atoms with E-state index in [0.717, 1.165) is 38.5 Å². The Bertz CT molecular complexity index is 2210. The van der Waals surface area contributed by atoms with Crippen LogP contribution in [0.4, 0.5) is 0 Å². The lowest BCUT2D eigenvalue weighted by molar-refractivity contribution is -0.396. The first kappa shape index (κ1) is 63.2. The second kappa shape index (κ2) is 24.4. The number of ether oxygens (including phenoxy) is 12. The molecule has 4 saturated carbocycles. The van der Waals surface area contributed by atoms with Gasteiger partial charge in [-0.05, 0) is 86.9 Å². The largest absolute Gasteiger partial charge is 0.394 e. The molecule has 0 radical (unpaired) electrons. The molecule has 27 nitrogen and oxygen atoms in total. The standard InChI is InChI=1S/C56H90O27/c1-20-8-11-56(73-18-20)21(2)34-29(83-56)13-27-25-7-6-23-12-24(9-10-54(23,4)26(25)14-33(61)55(27,34)5)75-51-42(69)39(66)46(31(16-58)77-51)80-52-43(70)40(67)47(32(17-59)78-52)81-53-48(38(65)36(63)30(15-57)76-53)82-49-44(71)45(28(60)19-72-49)79-50-41(68)37(64)35(62)22(3)74-50/h20-32,34-53,57-60,62-71H,6-19H2,1-5H3/t20-,21+,22+,23+,24+,25-,26+,27+,28-,29+,30-,31-,32-,34+,35+,36-,37-,38+,39-,40-,41-,42-,43-,44-,45+,46+,47-,48-,49+,50+,51-,52+,53+,54+,55-,56-/m1/s1. The lowest BCUT2D eigenvalue weighted by Crippen LogP contribution is -2.67. The monoisotopic (exact) mass is 1190 g/mol. The number of aliphatic hydroxyl groups excluding tert-OH is 14. The Morgan fingerprint density at radius 2 is 1.11 bits per heavy atom. The van der Waals surface area contributed by atoms with Crippen LogP contribution >= 0.6 is 0 Å². The summed E-state index contributed by atoms with van der Waals surface area (Å²) in [5.74, 6) is 1.39. The maximum atomic E-state index is 14.7. The molecular formula is C56H90O27. The average Bonchev–Trinajstić information content (AvgIpc) is 1.62. The van der Waals surface area contributed by atoms with E-state index in [-0.39, 0.29) is 41.1 Å². The van der Waals surface area contributed by atoms with Crippen molar-refractivity contribution in [3.8, 4) is 0 Å². The topological polar surface area (TPSA) is 411 Å². The van der Waals surface area contributed by atoms with Gasteiger partial charge in [0.2, 0.25) is 0 Å².